The highest BCUT2D eigenvalue weighted by Gasteiger charge is 2.18. The molecule has 1 aliphatic rings. The Morgan fingerprint density at radius 3 is 2.95 bits per heavy atom. The van der Waals surface area contributed by atoms with Gasteiger partial charge in [-0.3, -0.25) is 0 Å². The van der Waals surface area contributed by atoms with Crippen LogP contribution in [-0.2, 0) is 6.54 Å². The summed E-state index contributed by atoms with van der Waals surface area (Å²) in [6, 6.07) is 4.64. The van der Waals surface area contributed by atoms with Gasteiger partial charge in [0.1, 0.15) is 5.82 Å². The number of oxime groups is 1. The first-order valence-corrected chi connectivity index (χ1v) is 7.57. The number of halogens is 1. The predicted octanol–water partition coefficient (Wildman–Crippen LogP) is 2.84. The van der Waals surface area contributed by atoms with E-state index in [0.717, 1.165) is 12.5 Å². The summed E-state index contributed by atoms with van der Waals surface area (Å²) in [5.41, 5.74) is 6.44. The third-order valence-corrected chi connectivity index (χ3v) is 4.25. The van der Waals surface area contributed by atoms with Gasteiger partial charge in [-0.1, -0.05) is 37.1 Å². The molecule has 1 aliphatic carbocycles. The largest absolute Gasteiger partial charge is 0.409 e. The molecule has 0 saturated heterocycles. The highest BCUT2D eigenvalue weighted by atomic mass is 19.1. The summed E-state index contributed by atoms with van der Waals surface area (Å²) in [7, 11) is 0. The van der Waals surface area contributed by atoms with E-state index in [1.807, 2.05) is 0 Å². The van der Waals surface area contributed by atoms with Crippen LogP contribution in [0.3, 0.4) is 0 Å². The number of nitrogens with one attached hydrogen (secondary N) is 1. The Balaban J connectivity index is 1.86. The molecule has 116 valence electrons. The third kappa shape index (κ3) is 4.43. The molecular weight excluding hydrogens is 269 g/mol. The van der Waals surface area contributed by atoms with Crippen LogP contribution in [0.25, 0.3) is 0 Å². The van der Waals surface area contributed by atoms with Gasteiger partial charge >= 0.3 is 0 Å². The van der Waals surface area contributed by atoms with Crippen molar-refractivity contribution in [1.82, 2.24) is 5.32 Å². The molecule has 21 heavy (non-hydrogen) atoms. The highest BCUT2D eigenvalue weighted by molar-refractivity contribution is 5.97. The number of nitrogens with zero attached hydrogens (tertiary/aromatic N) is 1. The minimum absolute atomic E-state index is 0.0791. The summed E-state index contributed by atoms with van der Waals surface area (Å²) < 4.78 is 13.9. The van der Waals surface area contributed by atoms with Crippen LogP contribution in [0.15, 0.2) is 23.4 Å². The molecule has 2 unspecified atom stereocenters. The summed E-state index contributed by atoms with van der Waals surface area (Å²) in [6.07, 6.45) is 5.16. The molecule has 0 aliphatic heterocycles. The van der Waals surface area contributed by atoms with Gasteiger partial charge in [-0.15, -0.1) is 0 Å². The average Bonchev–Trinajstić information content (AvgIpc) is 2.48. The van der Waals surface area contributed by atoms with Crippen LogP contribution in [0, 0.1) is 17.7 Å². The second-order valence-corrected chi connectivity index (χ2v) is 6.06. The Kier molecular flexibility index (Phi) is 5.56. The van der Waals surface area contributed by atoms with Crippen LogP contribution in [0.5, 0.6) is 0 Å². The van der Waals surface area contributed by atoms with Crippen molar-refractivity contribution >= 4 is 5.84 Å². The quantitative estimate of drug-likeness (QED) is 0.338. The summed E-state index contributed by atoms with van der Waals surface area (Å²) in [4.78, 5) is 0. The standard InChI is InChI=1S/C16H24FN3O/c1-11-3-2-4-12(7-11)9-19-10-14-6-5-13(8-15(14)17)16(18)20-21/h5-6,8,11-12,19,21H,2-4,7,9-10H2,1H3,(H2,18,20). The van der Waals surface area contributed by atoms with Gasteiger partial charge in [0, 0.05) is 17.7 Å². The molecular formula is C16H24FN3O. The summed E-state index contributed by atoms with van der Waals surface area (Å²) in [5.74, 6) is 1.10. The van der Waals surface area contributed by atoms with E-state index in [0.29, 0.717) is 23.6 Å². The zero-order valence-electron chi connectivity index (χ0n) is 12.5. The lowest BCUT2D eigenvalue weighted by atomic mass is 9.82. The van der Waals surface area contributed by atoms with Gasteiger partial charge in [0.05, 0.1) is 0 Å². The number of benzene rings is 1. The molecule has 1 aromatic rings. The predicted molar refractivity (Wildman–Crippen MR) is 81.7 cm³/mol. The first-order valence-electron chi connectivity index (χ1n) is 7.57. The van der Waals surface area contributed by atoms with E-state index in [9.17, 15) is 4.39 Å². The lowest BCUT2D eigenvalue weighted by Gasteiger charge is -2.26. The van der Waals surface area contributed by atoms with E-state index < -0.39 is 0 Å². The van der Waals surface area contributed by atoms with Crippen molar-refractivity contribution in [2.24, 2.45) is 22.7 Å². The summed E-state index contributed by atoms with van der Waals surface area (Å²) in [6.45, 7) is 3.75. The first kappa shape index (κ1) is 15.8. The van der Waals surface area contributed by atoms with Gasteiger partial charge in [0.25, 0.3) is 0 Å². The SMILES string of the molecule is CC1CCCC(CNCc2ccc(/C(N)=N/O)cc2F)C1. The molecule has 0 aromatic heterocycles. The fourth-order valence-corrected chi connectivity index (χ4v) is 3.06. The van der Waals surface area contributed by atoms with E-state index >= 15 is 0 Å². The third-order valence-electron chi connectivity index (χ3n) is 4.25. The molecule has 0 heterocycles. The normalized spacial score (nSPS) is 23.2. The Bertz CT molecular complexity index is 504. The minimum Gasteiger partial charge on any atom is -0.409 e. The highest BCUT2D eigenvalue weighted by Crippen LogP contribution is 2.28. The topological polar surface area (TPSA) is 70.6 Å². The van der Waals surface area contributed by atoms with Crippen LogP contribution in [0.1, 0.15) is 43.7 Å². The Morgan fingerprint density at radius 2 is 2.29 bits per heavy atom. The fraction of sp³-hybridized carbons (Fsp3) is 0.562. The lowest BCUT2D eigenvalue weighted by Crippen LogP contribution is -2.26. The van der Waals surface area contributed by atoms with Crippen LogP contribution in [0.4, 0.5) is 4.39 Å². The maximum absolute atomic E-state index is 13.9. The maximum atomic E-state index is 13.9. The van der Waals surface area contributed by atoms with Crippen LogP contribution in [0.2, 0.25) is 0 Å². The van der Waals surface area contributed by atoms with Crippen molar-refractivity contribution in [2.75, 3.05) is 6.54 Å². The maximum Gasteiger partial charge on any atom is 0.170 e. The van der Waals surface area contributed by atoms with Crippen LogP contribution < -0.4 is 11.1 Å². The van der Waals surface area contributed by atoms with E-state index in [4.69, 9.17) is 10.9 Å². The van der Waals surface area contributed by atoms with E-state index in [-0.39, 0.29) is 11.7 Å². The van der Waals surface area contributed by atoms with Crippen molar-refractivity contribution in [3.63, 3.8) is 0 Å². The summed E-state index contributed by atoms with van der Waals surface area (Å²) >= 11 is 0. The van der Waals surface area contributed by atoms with Crippen LogP contribution in [-0.4, -0.2) is 17.6 Å². The molecule has 1 aromatic carbocycles. The molecule has 4 nitrogen and oxygen atoms in total. The molecule has 4 N–H and O–H groups in total. The summed E-state index contributed by atoms with van der Waals surface area (Å²) in [5, 5.41) is 14.8. The Labute approximate surface area is 125 Å². The zero-order chi connectivity index (χ0) is 15.2. The van der Waals surface area contributed by atoms with Gasteiger partial charge in [0.2, 0.25) is 0 Å². The lowest BCUT2D eigenvalue weighted by molar-refractivity contribution is 0.274. The minimum atomic E-state index is -0.330. The van der Waals surface area contributed by atoms with Gasteiger partial charge in [-0.05, 0) is 37.3 Å². The van der Waals surface area contributed by atoms with Gasteiger partial charge in [-0.25, -0.2) is 4.39 Å². The number of hydrogen-bond donors (Lipinski definition) is 3. The Morgan fingerprint density at radius 1 is 1.48 bits per heavy atom. The zero-order valence-corrected chi connectivity index (χ0v) is 12.5. The second kappa shape index (κ2) is 7.41. The number of hydrogen-bond acceptors (Lipinski definition) is 3. The van der Waals surface area contributed by atoms with Crippen molar-refractivity contribution < 1.29 is 9.60 Å². The monoisotopic (exact) mass is 293 g/mol. The molecule has 0 bridgehead atoms. The molecule has 2 atom stereocenters. The molecule has 2 rings (SSSR count). The fourth-order valence-electron chi connectivity index (χ4n) is 3.06. The average molecular weight is 293 g/mol. The smallest absolute Gasteiger partial charge is 0.170 e. The van der Waals surface area contributed by atoms with E-state index in [2.05, 4.69) is 17.4 Å². The second-order valence-electron chi connectivity index (χ2n) is 6.06. The van der Waals surface area contributed by atoms with Gasteiger partial charge < -0.3 is 16.3 Å². The van der Waals surface area contributed by atoms with Crippen molar-refractivity contribution in [3.8, 4) is 0 Å². The van der Waals surface area contributed by atoms with E-state index in [1.54, 1.807) is 12.1 Å². The molecule has 0 radical (unpaired) electrons. The molecule has 0 spiro atoms. The molecule has 1 saturated carbocycles. The van der Waals surface area contributed by atoms with Crippen LogP contribution >= 0.6 is 0 Å². The van der Waals surface area contributed by atoms with Gasteiger partial charge in [0.15, 0.2) is 5.84 Å². The number of nitrogens with two attached hydrogens (primary N) is 1. The van der Waals surface area contributed by atoms with Crippen molar-refractivity contribution in [1.29, 1.82) is 0 Å². The molecule has 0 amide bonds. The van der Waals surface area contributed by atoms with Gasteiger partial charge in [-0.2, -0.15) is 0 Å². The molecule has 1 fully saturated rings. The Hall–Kier alpha value is -1.62. The van der Waals surface area contributed by atoms with E-state index in [1.165, 1.54) is 31.7 Å². The van der Waals surface area contributed by atoms with Crippen molar-refractivity contribution in [2.45, 2.75) is 39.2 Å². The number of rotatable bonds is 5. The first-order chi connectivity index (χ1) is 10.1. The molecule has 5 heteroatoms. The number of amidine groups is 1. The van der Waals surface area contributed by atoms with Crippen molar-refractivity contribution in [3.05, 3.63) is 35.1 Å².